The van der Waals surface area contributed by atoms with Crippen LogP contribution >= 0.6 is 0 Å². The molecule has 0 radical (unpaired) electrons. The van der Waals surface area contributed by atoms with Gasteiger partial charge in [0.2, 0.25) is 5.89 Å². The quantitative estimate of drug-likeness (QED) is 0.179. The molecule has 0 saturated heterocycles. The number of rotatable bonds is 6. The molecule has 10 aromatic rings. The van der Waals surface area contributed by atoms with E-state index < -0.39 is 0 Å². The lowest BCUT2D eigenvalue weighted by atomic mass is 10.0. The second kappa shape index (κ2) is 11.9. The Morgan fingerprint density at radius 1 is 0.431 bits per heavy atom. The molecule has 2 heterocycles. The molecule has 4 nitrogen and oxygen atoms in total. The fourth-order valence-corrected chi connectivity index (χ4v) is 7.33. The molecule has 240 valence electrons. The van der Waals surface area contributed by atoms with Crippen molar-refractivity contribution >= 4 is 60.7 Å². The van der Waals surface area contributed by atoms with Crippen molar-refractivity contribution in [3.05, 3.63) is 188 Å². The molecule has 0 aliphatic rings. The molecule has 0 aliphatic carbocycles. The van der Waals surface area contributed by atoms with Gasteiger partial charge in [0.25, 0.3) is 0 Å². The van der Waals surface area contributed by atoms with Crippen LogP contribution in [0.4, 0.5) is 17.1 Å². The lowest BCUT2D eigenvalue weighted by Crippen LogP contribution is -2.10. The summed E-state index contributed by atoms with van der Waals surface area (Å²) >= 11 is 0. The summed E-state index contributed by atoms with van der Waals surface area (Å²) in [5.74, 6) is 0.606. The Morgan fingerprint density at radius 3 is 1.71 bits per heavy atom. The maximum absolute atomic E-state index is 6.27. The molecule has 0 bridgehead atoms. The average molecular weight is 654 g/mol. The fourth-order valence-electron chi connectivity index (χ4n) is 7.33. The predicted octanol–water partition coefficient (Wildman–Crippen LogP) is 12.9. The Balaban J connectivity index is 0.986. The van der Waals surface area contributed by atoms with E-state index in [-0.39, 0.29) is 0 Å². The number of hydrogen-bond acceptors (Lipinski definition) is 3. The highest BCUT2D eigenvalue weighted by Crippen LogP contribution is 2.38. The smallest absolute Gasteiger partial charge is 0.227 e. The number of aromatic nitrogens is 2. The molecule has 10 rings (SSSR count). The molecule has 4 heteroatoms. The van der Waals surface area contributed by atoms with Crippen LogP contribution in [0.25, 0.3) is 71.9 Å². The zero-order chi connectivity index (χ0) is 33.7. The summed E-state index contributed by atoms with van der Waals surface area (Å²) in [5, 5.41) is 4.97. The maximum Gasteiger partial charge on any atom is 0.227 e. The van der Waals surface area contributed by atoms with Crippen molar-refractivity contribution in [3.63, 3.8) is 0 Å². The Hall–Kier alpha value is -6.91. The first-order chi connectivity index (χ1) is 25.3. The zero-order valence-corrected chi connectivity index (χ0v) is 27.6. The van der Waals surface area contributed by atoms with E-state index in [1.807, 2.05) is 6.07 Å². The van der Waals surface area contributed by atoms with Gasteiger partial charge in [0.15, 0.2) is 5.58 Å². The summed E-state index contributed by atoms with van der Waals surface area (Å²) < 4.78 is 8.62. The van der Waals surface area contributed by atoms with Crippen LogP contribution < -0.4 is 4.90 Å². The second-order valence-electron chi connectivity index (χ2n) is 12.9. The average Bonchev–Trinajstić information content (AvgIpc) is 3.78. The number of hydrogen-bond donors (Lipinski definition) is 0. The first-order valence-corrected chi connectivity index (χ1v) is 17.2. The molecule has 0 unspecified atom stereocenters. The summed E-state index contributed by atoms with van der Waals surface area (Å²) in [4.78, 5) is 7.20. The first kappa shape index (κ1) is 29.0. The number of fused-ring (bicyclic) bond motifs is 5. The van der Waals surface area contributed by atoms with Crippen LogP contribution in [-0.4, -0.2) is 9.55 Å². The Kier molecular flexibility index (Phi) is 6.78. The molecule has 0 amide bonds. The summed E-state index contributed by atoms with van der Waals surface area (Å²) in [6.45, 7) is 0. The zero-order valence-electron chi connectivity index (χ0n) is 27.6. The highest BCUT2D eigenvalue weighted by atomic mass is 16.3. The SMILES string of the molecule is c1ccc(N(c2ccc(-c3nc4cc(-c5ccc6ccccc6c5)ccc4o3)cc2)c2ccc(-n3c4ccccc4c4ccccc43)cc2)cc1. The summed E-state index contributed by atoms with van der Waals surface area (Å²) in [6, 6.07) is 66.2. The van der Waals surface area contributed by atoms with Crippen LogP contribution in [0.5, 0.6) is 0 Å². The van der Waals surface area contributed by atoms with E-state index in [1.165, 1.54) is 32.6 Å². The lowest BCUT2D eigenvalue weighted by Gasteiger charge is -2.26. The monoisotopic (exact) mass is 653 g/mol. The minimum Gasteiger partial charge on any atom is -0.436 e. The Morgan fingerprint density at radius 2 is 0.980 bits per heavy atom. The summed E-state index contributed by atoms with van der Waals surface area (Å²) in [7, 11) is 0. The van der Waals surface area contributed by atoms with Gasteiger partial charge in [-0.15, -0.1) is 0 Å². The van der Waals surface area contributed by atoms with Crippen molar-refractivity contribution in [3.8, 4) is 28.3 Å². The van der Waals surface area contributed by atoms with Gasteiger partial charge in [-0.25, -0.2) is 4.98 Å². The van der Waals surface area contributed by atoms with Gasteiger partial charge < -0.3 is 13.9 Å². The second-order valence-corrected chi connectivity index (χ2v) is 12.9. The van der Waals surface area contributed by atoms with E-state index in [1.54, 1.807) is 0 Å². The third-order valence-electron chi connectivity index (χ3n) is 9.80. The molecule has 0 aliphatic heterocycles. The minimum atomic E-state index is 0.606. The van der Waals surface area contributed by atoms with E-state index in [4.69, 9.17) is 9.40 Å². The van der Waals surface area contributed by atoms with Gasteiger partial charge in [-0.3, -0.25) is 0 Å². The van der Waals surface area contributed by atoms with Gasteiger partial charge in [-0.1, -0.05) is 97.1 Å². The van der Waals surface area contributed by atoms with Crippen molar-refractivity contribution < 1.29 is 4.42 Å². The van der Waals surface area contributed by atoms with E-state index in [9.17, 15) is 0 Å². The van der Waals surface area contributed by atoms with Gasteiger partial charge in [0, 0.05) is 39.1 Å². The van der Waals surface area contributed by atoms with Crippen LogP contribution in [0.15, 0.2) is 192 Å². The number of benzene rings is 8. The molecule has 0 N–H and O–H groups in total. The maximum atomic E-state index is 6.27. The van der Waals surface area contributed by atoms with E-state index in [0.717, 1.165) is 50.5 Å². The van der Waals surface area contributed by atoms with Gasteiger partial charge in [0.1, 0.15) is 5.52 Å². The van der Waals surface area contributed by atoms with Gasteiger partial charge >= 0.3 is 0 Å². The van der Waals surface area contributed by atoms with Gasteiger partial charge in [0.05, 0.1) is 11.0 Å². The molecule has 8 aromatic carbocycles. The fraction of sp³-hybridized carbons (Fsp3) is 0. The third-order valence-corrected chi connectivity index (χ3v) is 9.80. The van der Waals surface area contributed by atoms with Crippen molar-refractivity contribution in [1.29, 1.82) is 0 Å². The number of para-hydroxylation sites is 3. The highest BCUT2D eigenvalue weighted by Gasteiger charge is 2.16. The molecule has 0 atom stereocenters. The molecule has 2 aromatic heterocycles. The van der Waals surface area contributed by atoms with E-state index >= 15 is 0 Å². The first-order valence-electron chi connectivity index (χ1n) is 17.2. The molecule has 0 fully saturated rings. The van der Waals surface area contributed by atoms with Gasteiger partial charge in [-0.2, -0.15) is 0 Å². The van der Waals surface area contributed by atoms with Crippen LogP contribution in [0.2, 0.25) is 0 Å². The van der Waals surface area contributed by atoms with Crippen molar-refractivity contribution in [2.24, 2.45) is 0 Å². The molecule has 0 spiro atoms. The standard InChI is InChI=1S/C47H31N3O/c1-2-12-37(13-3-1)49(39-25-27-40(28-26-39)50-44-16-8-6-14-41(44)42-15-7-9-17-45(42)50)38-23-20-33(21-24-38)47-48-43-31-36(22-29-46(43)51-47)35-19-18-32-10-4-5-11-34(32)30-35/h1-31H. The number of oxazole rings is 1. The van der Waals surface area contributed by atoms with Crippen LogP contribution in [-0.2, 0) is 0 Å². The number of anilines is 3. The van der Waals surface area contributed by atoms with Gasteiger partial charge in [-0.05, 0) is 113 Å². The number of nitrogens with zero attached hydrogens (tertiary/aromatic N) is 3. The predicted molar refractivity (Wildman–Crippen MR) is 211 cm³/mol. The minimum absolute atomic E-state index is 0.606. The summed E-state index contributed by atoms with van der Waals surface area (Å²) in [6.07, 6.45) is 0. The topological polar surface area (TPSA) is 34.2 Å². The molecular weight excluding hydrogens is 623 g/mol. The van der Waals surface area contributed by atoms with Crippen molar-refractivity contribution in [2.45, 2.75) is 0 Å². The largest absolute Gasteiger partial charge is 0.436 e. The van der Waals surface area contributed by atoms with Crippen molar-refractivity contribution in [1.82, 2.24) is 9.55 Å². The Bertz CT molecular complexity index is 2800. The van der Waals surface area contributed by atoms with E-state index in [0.29, 0.717) is 5.89 Å². The van der Waals surface area contributed by atoms with E-state index in [2.05, 4.69) is 191 Å². The summed E-state index contributed by atoms with van der Waals surface area (Å²) in [5.41, 5.74) is 11.5. The molecule has 51 heavy (non-hydrogen) atoms. The molecule has 0 saturated carbocycles. The Labute approximate surface area is 295 Å². The van der Waals surface area contributed by atoms with Crippen molar-refractivity contribution in [2.75, 3.05) is 4.90 Å². The lowest BCUT2D eigenvalue weighted by molar-refractivity contribution is 0.620. The normalized spacial score (nSPS) is 11.5. The van der Waals surface area contributed by atoms with Crippen LogP contribution in [0.1, 0.15) is 0 Å². The highest BCUT2D eigenvalue weighted by molar-refractivity contribution is 6.09. The molecular formula is C47H31N3O. The van der Waals surface area contributed by atoms with Crippen LogP contribution in [0.3, 0.4) is 0 Å². The third kappa shape index (κ3) is 5.04. The van der Waals surface area contributed by atoms with Crippen LogP contribution in [0, 0.1) is 0 Å².